The highest BCUT2D eigenvalue weighted by atomic mass is 16.5. The maximum atomic E-state index is 6.16. The minimum Gasteiger partial charge on any atom is -0.374 e. The third kappa shape index (κ3) is 1.62. The molecule has 1 N–H and O–H groups in total. The van der Waals surface area contributed by atoms with Gasteiger partial charge in [-0.3, -0.25) is 4.68 Å². The molecule has 4 rings (SSSR count). The average molecular weight is 247 g/mol. The summed E-state index contributed by atoms with van der Waals surface area (Å²) in [4.78, 5) is 0. The molecule has 4 nitrogen and oxygen atoms in total. The number of nitrogens with one attached hydrogen (secondary N) is 1. The van der Waals surface area contributed by atoms with E-state index < -0.39 is 0 Å². The van der Waals surface area contributed by atoms with Gasteiger partial charge in [0, 0.05) is 12.2 Å². The van der Waals surface area contributed by atoms with Gasteiger partial charge in [0.15, 0.2) is 0 Å². The van der Waals surface area contributed by atoms with Gasteiger partial charge in [-0.1, -0.05) is 0 Å². The maximum Gasteiger partial charge on any atom is 0.0760 e. The van der Waals surface area contributed by atoms with E-state index in [1.807, 2.05) is 10.9 Å². The lowest BCUT2D eigenvalue weighted by Crippen LogP contribution is -2.40. The van der Waals surface area contributed by atoms with E-state index in [9.17, 15) is 0 Å². The zero-order valence-electron chi connectivity index (χ0n) is 10.9. The van der Waals surface area contributed by atoms with E-state index in [0.717, 1.165) is 30.9 Å². The van der Waals surface area contributed by atoms with E-state index in [0.29, 0.717) is 12.1 Å². The van der Waals surface area contributed by atoms with Gasteiger partial charge in [-0.05, 0) is 49.6 Å². The molecule has 2 bridgehead atoms. The summed E-state index contributed by atoms with van der Waals surface area (Å²) in [6.45, 7) is 4.96. The predicted molar refractivity (Wildman–Crippen MR) is 68.2 cm³/mol. The second-order valence-corrected chi connectivity index (χ2v) is 6.21. The Morgan fingerprint density at radius 2 is 2.39 bits per heavy atom. The number of aromatic nitrogens is 2. The van der Waals surface area contributed by atoms with E-state index in [1.54, 1.807) is 0 Å². The molecule has 4 heteroatoms. The maximum absolute atomic E-state index is 6.16. The van der Waals surface area contributed by atoms with E-state index in [-0.39, 0.29) is 0 Å². The second-order valence-electron chi connectivity index (χ2n) is 6.21. The lowest BCUT2D eigenvalue weighted by atomic mass is 9.88. The summed E-state index contributed by atoms with van der Waals surface area (Å²) in [5, 5.41) is 7.96. The van der Waals surface area contributed by atoms with Crippen molar-refractivity contribution in [2.75, 3.05) is 13.2 Å². The monoisotopic (exact) mass is 247 g/mol. The SMILES string of the molecule is Cc1cnn(CCOC2C3CC4CNC2C4C3)c1. The molecule has 3 fully saturated rings. The van der Waals surface area contributed by atoms with Gasteiger partial charge >= 0.3 is 0 Å². The van der Waals surface area contributed by atoms with Crippen molar-refractivity contribution in [2.24, 2.45) is 17.8 Å². The molecule has 3 aliphatic rings. The molecule has 2 saturated carbocycles. The summed E-state index contributed by atoms with van der Waals surface area (Å²) in [6, 6.07) is 0.646. The van der Waals surface area contributed by atoms with Gasteiger partial charge in [-0.15, -0.1) is 0 Å². The fourth-order valence-corrected chi connectivity index (χ4v) is 4.35. The lowest BCUT2D eigenvalue weighted by molar-refractivity contribution is -0.00210. The fourth-order valence-electron chi connectivity index (χ4n) is 4.35. The highest BCUT2D eigenvalue weighted by molar-refractivity contribution is 5.10. The Hall–Kier alpha value is -0.870. The first kappa shape index (κ1) is 11.0. The molecule has 1 saturated heterocycles. The van der Waals surface area contributed by atoms with E-state index in [4.69, 9.17) is 4.74 Å². The third-order valence-electron chi connectivity index (χ3n) is 5.07. The number of ether oxygens (including phenoxy) is 1. The van der Waals surface area contributed by atoms with Gasteiger partial charge in [0.05, 0.1) is 25.5 Å². The first-order chi connectivity index (χ1) is 8.81. The van der Waals surface area contributed by atoms with E-state index in [2.05, 4.69) is 23.5 Å². The van der Waals surface area contributed by atoms with Gasteiger partial charge in [0.2, 0.25) is 0 Å². The number of aryl methyl sites for hydroxylation is 1. The molecule has 0 spiro atoms. The quantitative estimate of drug-likeness (QED) is 0.869. The molecule has 18 heavy (non-hydrogen) atoms. The zero-order chi connectivity index (χ0) is 12.1. The number of rotatable bonds is 4. The largest absolute Gasteiger partial charge is 0.374 e. The van der Waals surface area contributed by atoms with Crippen LogP contribution in [0.2, 0.25) is 0 Å². The van der Waals surface area contributed by atoms with Crippen molar-refractivity contribution in [2.45, 2.75) is 38.5 Å². The van der Waals surface area contributed by atoms with Crippen molar-refractivity contribution in [3.63, 3.8) is 0 Å². The summed E-state index contributed by atoms with van der Waals surface area (Å²) < 4.78 is 8.14. The van der Waals surface area contributed by atoms with Crippen LogP contribution in [0.5, 0.6) is 0 Å². The molecule has 0 aromatic carbocycles. The van der Waals surface area contributed by atoms with E-state index >= 15 is 0 Å². The molecular formula is C14H21N3O. The number of nitrogens with zero attached hydrogens (tertiary/aromatic N) is 2. The van der Waals surface area contributed by atoms with Gasteiger partial charge in [0.1, 0.15) is 0 Å². The molecule has 0 radical (unpaired) electrons. The topological polar surface area (TPSA) is 39.1 Å². The normalized spacial score (nSPS) is 40.8. The van der Waals surface area contributed by atoms with Gasteiger partial charge < -0.3 is 10.1 Å². The molecule has 1 aromatic heterocycles. The number of hydrogen-bond donors (Lipinski definition) is 1. The summed E-state index contributed by atoms with van der Waals surface area (Å²) in [7, 11) is 0. The average Bonchev–Trinajstić information content (AvgIpc) is 3.03. The minimum atomic E-state index is 0.463. The summed E-state index contributed by atoms with van der Waals surface area (Å²) in [5.41, 5.74) is 1.22. The van der Waals surface area contributed by atoms with Crippen LogP contribution in [-0.4, -0.2) is 35.1 Å². The van der Waals surface area contributed by atoms with E-state index in [1.165, 1.54) is 24.9 Å². The summed E-state index contributed by atoms with van der Waals surface area (Å²) in [6.07, 6.45) is 7.23. The van der Waals surface area contributed by atoms with Crippen molar-refractivity contribution in [1.82, 2.24) is 15.1 Å². The van der Waals surface area contributed by atoms with Crippen LogP contribution in [-0.2, 0) is 11.3 Å². The highest BCUT2D eigenvalue weighted by Gasteiger charge is 2.56. The molecule has 1 aliphatic heterocycles. The van der Waals surface area contributed by atoms with Crippen molar-refractivity contribution in [3.8, 4) is 0 Å². The molecule has 98 valence electrons. The van der Waals surface area contributed by atoms with Crippen LogP contribution in [0.25, 0.3) is 0 Å². The number of fused-ring (bicyclic) bond motifs is 1. The zero-order valence-corrected chi connectivity index (χ0v) is 10.9. The van der Waals surface area contributed by atoms with Crippen LogP contribution in [0.15, 0.2) is 12.4 Å². The van der Waals surface area contributed by atoms with Crippen LogP contribution in [0.1, 0.15) is 18.4 Å². The first-order valence-electron chi connectivity index (χ1n) is 7.15. The third-order valence-corrected chi connectivity index (χ3v) is 5.07. The van der Waals surface area contributed by atoms with Crippen LogP contribution >= 0.6 is 0 Å². The standard InChI is InChI=1S/C14H21N3O/c1-9-6-16-17(8-9)2-3-18-14-10-4-11-7-15-13(14)12(11)5-10/h6,8,10-15H,2-5,7H2,1H3. The molecule has 2 aliphatic carbocycles. The van der Waals surface area contributed by atoms with Gasteiger partial charge in [-0.2, -0.15) is 5.10 Å². The molecular weight excluding hydrogens is 226 g/mol. The van der Waals surface area contributed by atoms with Crippen molar-refractivity contribution >= 4 is 0 Å². The van der Waals surface area contributed by atoms with Crippen molar-refractivity contribution in [1.29, 1.82) is 0 Å². The first-order valence-corrected chi connectivity index (χ1v) is 7.15. The van der Waals surface area contributed by atoms with Gasteiger partial charge in [0.25, 0.3) is 0 Å². The molecule has 0 amide bonds. The predicted octanol–water partition coefficient (Wildman–Crippen LogP) is 1.20. The Morgan fingerprint density at radius 3 is 3.22 bits per heavy atom. The van der Waals surface area contributed by atoms with Crippen LogP contribution in [0.4, 0.5) is 0 Å². The Kier molecular flexibility index (Phi) is 2.49. The molecule has 5 atom stereocenters. The molecule has 1 aromatic rings. The van der Waals surface area contributed by atoms with Crippen LogP contribution in [0, 0.1) is 24.7 Å². The van der Waals surface area contributed by atoms with Gasteiger partial charge in [-0.25, -0.2) is 0 Å². The Morgan fingerprint density at radius 1 is 1.44 bits per heavy atom. The molecule has 5 unspecified atom stereocenters. The van der Waals surface area contributed by atoms with Crippen molar-refractivity contribution < 1.29 is 4.74 Å². The highest BCUT2D eigenvalue weighted by Crippen LogP contribution is 2.52. The van der Waals surface area contributed by atoms with Crippen molar-refractivity contribution in [3.05, 3.63) is 18.0 Å². The van der Waals surface area contributed by atoms with Crippen LogP contribution < -0.4 is 5.32 Å². The minimum absolute atomic E-state index is 0.463. The lowest BCUT2D eigenvalue weighted by Gasteiger charge is -2.27. The summed E-state index contributed by atoms with van der Waals surface area (Å²) in [5.74, 6) is 2.68. The smallest absolute Gasteiger partial charge is 0.0760 e. The Labute approximate surface area is 108 Å². The Bertz CT molecular complexity index is 442. The molecule has 2 heterocycles. The summed E-state index contributed by atoms with van der Waals surface area (Å²) >= 11 is 0. The Balaban J connectivity index is 1.33. The fraction of sp³-hybridized carbons (Fsp3) is 0.786. The van der Waals surface area contributed by atoms with Crippen LogP contribution in [0.3, 0.4) is 0 Å². The second kappa shape index (κ2) is 4.07. The number of hydrogen-bond acceptors (Lipinski definition) is 3.